The van der Waals surface area contributed by atoms with Gasteiger partial charge in [-0.25, -0.2) is 4.98 Å². The SMILES string of the molecule is CCCCc1c(C2C(C)=CCC[C@@H]2C)c(CC)nn1-c1[c-]c(Oc2[c-]c3c(cc2)c2ccccc2n3-c2cc(C)ccn2)cc(C)c1.[Pt+2]. The normalized spacial score (nSPS) is 16.2. The molecule has 1 aliphatic carbocycles. The zero-order valence-corrected chi connectivity index (χ0v) is 31.1. The van der Waals surface area contributed by atoms with E-state index in [2.05, 4.69) is 111 Å². The minimum absolute atomic E-state index is 0. The molecule has 1 aliphatic rings. The number of pyridine rings is 1. The molecule has 2 atom stereocenters. The van der Waals surface area contributed by atoms with Crippen LogP contribution in [0.4, 0.5) is 0 Å². The van der Waals surface area contributed by atoms with Crippen molar-refractivity contribution in [2.45, 2.75) is 86.0 Å². The second-order valence-electron chi connectivity index (χ2n) is 13.3. The molecule has 0 amide bonds. The minimum Gasteiger partial charge on any atom is -0.509 e. The van der Waals surface area contributed by atoms with Crippen LogP contribution in [-0.2, 0) is 33.9 Å². The topological polar surface area (TPSA) is 44.9 Å². The number of para-hydroxylation sites is 1. The molecule has 7 rings (SSSR count). The third-order valence-electron chi connectivity index (χ3n) is 9.77. The van der Waals surface area contributed by atoms with Gasteiger partial charge in [-0.1, -0.05) is 69.5 Å². The van der Waals surface area contributed by atoms with E-state index in [4.69, 9.17) is 14.8 Å². The van der Waals surface area contributed by atoms with Gasteiger partial charge in [0.15, 0.2) is 0 Å². The third-order valence-corrected chi connectivity index (χ3v) is 9.77. The number of hydrogen-bond acceptors (Lipinski definition) is 3. The van der Waals surface area contributed by atoms with E-state index in [1.807, 2.05) is 24.4 Å². The van der Waals surface area contributed by atoms with Gasteiger partial charge in [-0.15, -0.1) is 35.7 Å². The fourth-order valence-corrected chi connectivity index (χ4v) is 7.51. The second-order valence-corrected chi connectivity index (χ2v) is 13.3. The number of unbranched alkanes of at least 4 members (excludes halogenated alkanes) is 1. The molecule has 0 aliphatic heterocycles. The fourth-order valence-electron chi connectivity index (χ4n) is 7.51. The van der Waals surface area contributed by atoms with Crippen LogP contribution in [0.3, 0.4) is 0 Å². The van der Waals surface area contributed by atoms with Crippen LogP contribution >= 0.6 is 0 Å². The van der Waals surface area contributed by atoms with Crippen molar-refractivity contribution in [3.8, 4) is 23.0 Å². The average Bonchev–Trinajstić information content (AvgIpc) is 3.58. The zero-order valence-electron chi connectivity index (χ0n) is 28.8. The van der Waals surface area contributed by atoms with Gasteiger partial charge in [0, 0.05) is 40.4 Å². The van der Waals surface area contributed by atoms with Gasteiger partial charge in [0.05, 0.1) is 5.69 Å². The molecule has 0 fully saturated rings. The number of hydrogen-bond donors (Lipinski definition) is 0. The average molecular weight is 816 g/mol. The van der Waals surface area contributed by atoms with Crippen LogP contribution in [-0.4, -0.2) is 19.3 Å². The summed E-state index contributed by atoms with van der Waals surface area (Å²) in [6.07, 6.45) is 10.9. The van der Waals surface area contributed by atoms with E-state index < -0.39 is 0 Å². The van der Waals surface area contributed by atoms with E-state index in [0.29, 0.717) is 23.3 Å². The molecule has 48 heavy (non-hydrogen) atoms. The predicted octanol–water partition coefficient (Wildman–Crippen LogP) is 10.7. The molecule has 0 saturated heterocycles. The maximum atomic E-state index is 6.58. The first kappa shape index (κ1) is 33.9. The molecular weight excluding hydrogens is 772 g/mol. The van der Waals surface area contributed by atoms with Crippen LogP contribution in [0.15, 0.2) is 78.5 Å². The quantitative estimate of drug-likeness (QED) is 0.108. The van der Waals surface area contributed by atoms with Crippen molar-refractivity contribution in [2.75, 3.05) is 0 Å². The van der Waals surface area contributed by atoms with E-state index in [1.54, 1.807) is 0 Å². The minimum atomic E-state index is 0. The summed E-state index contributed by atoms with van der Waals surface area (Å²) in [5, 5.41) is 7.56. The molecule has 3 heterocycles. The summed E-state index contributed by atoms with van der Waals surface area (Å²) in [6.45, 7) is 13.4. The molecule has 3 aromatic carbocycles. The Kier molecular flexibility index (Phi) is 10.1. The van der Waals surface area contributed by atoms with Crippen molar-refractivity contribution >= 4 is 21.8 Å². The number of ether oxygens (including phenoxy) is 1. The number of allylic oxidation sites excluding steroid dienone is 2. The van der Waals surface area contributed by atoms with Crippen molar-refractivity contribution < 1.29 is 25.8 Å². The molecule has 0 radical (unpaired) electrons. The summed E-state index contributed by atoms with van der Waals surface area (Å²) in [4.78, 5) is 4.72. The Morgan fingerprint density at radius 2 is 1.75 bits per heavy atom. The van der Waals surface area contributed by atoms with Gasteiger partial charge >= 0.3 is 21.1 Å². The predicted molar refractivity (Wildman–Crippen MR) is 192 cm³/mol. The maximum absolute atomic E-state index is 6.58. The molecule has 6 heteroatoms. The van der Waals surface area contributed by atoms with E-state index in [9.17, 15) is 0 Å². The fraction of sp³-hybridized carbons (Fsp3) is 0.333. The van der Waals surface area contributed by atoms with E-state index in [-0.39, 0.29) is 21.1 Å². The summed E-state index contributed by atoms with van der Waals surface area (Å²) < 4.78 is 10.9. The Morgan fingerprint density at radius 1 is 0.917 bits per heavy atom. The zero-order chi connectivity index (χ0) is 32.7. The van der Waals surface area contributed by atoms with Gasteiger partial charge in [-0.2, -0.15) is 16.7 Å². The Hall–Kier alpha value is -3.95. The van der Waals surface area contributed by atoms with E-state index in [1.165, 1.54) is 35.4 Å². The first-order chi connectivity index (χ1) is 22.9. The number of nitrogens with zero attached hydrogens (tertiary/aromatic N) is 4. The van der Waals surface area contributed by atoms with Crippen LogP contribution in [0, 0.1) is 31.9 Å². The number of aryl methyl sites for hydroxylation is 3. The molecule has 6 aromatic rings. The molecule has 5 nitrogen and oxygen atoms in total. The number of fused-ring (bicyclic) bond motifs is 3. The Bertz CT molecular complexity index is 2120. The molecular formula is C42H44N4OPt. The van der Waals surface area contributed by atoms with Gasteiger partial charge in [-0.3, -0.25) is 4.68 Å². The molecule has 1 unspecified atom stereocenters. The third kappa shape index (κ3) is 6.30. The molecule has 0 spiro atoms. The summed E-state index contributed by atoms with van der Waals surface area (Å²) in [6, 6.07) is 28.1. The van der Waals surface area contributed by atoms with Crippen molar-refractivity contribution in [1.82, 2.24) is 19.3 Å². The van der Waals surface area contributed by atoms with E-state index >= 15 is 0 Å². The molecule has 248 valence electrons. The van der Waals surface area contributed by atoms with Crippen LogP contribution in [0.1, 0.15) is 87.4 Å². The molecule has 0 N–H and O–H groups in total. The van der Waals surface area contributed by atoms with Gasteiger partial charge in [0.25, 0.3) is 0 Å². The van der Waals surface area contributed by atoms with Gasteiger partial charge in [-0.05, 0) is 86.7 Å². The summed E-state index contributed by atoms with van der Waals surface area (Å²) >= 11 is 0. The molecule has 3 aromatic heterocycles. The van der Waals surface area contributed by atoms with Gasteiger partial charge in [0.2, 0.25) is 0 Å². The van der Waals surface area contributed by atoms with Crippen molar-refractivity contribution in [3.63, 3.8) is 0 Å². The number of benzene rings is 3. The van der Waals surface area contributed by atoms with Crippen LogP contribution in [0.5, 0.6) is 11.5 Å². The standard InChI is InChI=1S/C42H44N4O.Pt/c1-7-9-16-38-42(41-29(5)13-12-14-30(41)6)36(8-2)44-46(38)31-22-28(4)23-33(25-31)47-32-18-19-35-34-15-10-11-17-37(34)45(39(35)26-32)40-24-27(3)20-21-43-40;/h10-11,13,15,17-24,30,41H,7-9,12,14,16H2,1-6H3;/q-2;+2/t30-,41?;/m0./s1. The number of aromatic nitrogens is 4. The van der Waals surface area contributed by atoms with Crippen molar-refractivity contribution in [3.05, 3.63) is 119 Å². The van der Waals surface area contributed by atoms with E-state index in [0.717, 1.165) is 70.1 Å². The van der Waals surface area contributed by atoms with Gasteiger partial charge in [0.1, 0.15) is 5.82 Å². The van der Waals surface area contributed by atoms with Crippen molar-refractivity contribution in [2.24, 2.45) is 5.92 Å². The monoisotopic (exact) mass is 815 g/mol. The first-order valence-electron chi connectivity index (χ1n) is 17.2. The largest absolute Gasteiger partial charge is 2.00 e. The maximum Gasteiger partial charge on any atom is 2.00 e. The van der Waals surface area contributed by atoms with Crippen molar-refractivity contribution in [1.29, 1.82) is 0 Å². The molecule has 0 bridgehead atoms. The van der Waals surface area contributed by atoms with Gasteiger partial charge < -0.3 is 9.30 Å². The Morgan fingerprint density at radius 3 is 2.52 bits per heavy atom. The smallest absolute Gasteiger partial charge is 0.509 e. The van der Waals surface area contributed by atoms with Crippen LogP contribution < -0.4 is 4.74 Å². The molecule has 0 saturated carbocycles. The Labute approximate surface area is 299 Å². The Balaban J connectivity index is 0.00000401. The summed E-state index contributed by atoms with van der Waals surface area (Å²) in [5.41, 5.74) is 10.7. The first-order valence-corrected chi connectivity index (χ1v) is 17.2. The number of rotatable bonds is 9. The summed E-state index contributed by atoms with van der Waals surface area (Å²) in [7, 11) is 0. The van der Waals surface area contributed by atoms with Crippen LogP contribution in [0.2, 0.25) is 0 Å². The second kappa shape index (κ2) is 14.3. The van der Waals surface area contributed by atoms with Crippen LogP contribution in [0.25, 0.3) is 33.3 Å². The summed E-state index contributed by atoms with van der Waals surface area (Å²) in [5.74, 6) is 3.17.